The van der Waals surface area contributed by atoms with E-state index >= 15 is 0 Å². The topological polar surface area (TPSA) is 63.0 Å². The summed E-state index contributed by atoms with van der Waals surface area (Å²) in [6.07, 6.45) is 5.08. The summed E-state index contributed by atoms with van der Waals surface area (Å²) in [6.45, 7) is 0. The van der Waals surface area contributed by atoms with Gasteiger partial charge < -0.3 is 4.98 Å². The number of rotatable bonds is 3. The number of benzene rings is 2. The average molecular weight is 369 g/mol. The number of hydrogen-bond donors (Lipinski definition) is 1. The number of hydrogen-bond acceptors (Lipinski definition) is 4. The van der Waals surface area contributed by atoms with Crippen LogP contribution in [0.4, 0.5) is 0 Å². The first kappa shape index (κ1) is 15.9. The van der Waals surface area contributed by atoms with Crippen LogP contribution in [0.1, 0.15) is 5.56 Å². The summed E-state index contributed by atoms with van der Waals surface area (Å²) in [7, 11) is 0. The molecule has 0 radical (unpaired) electrons. The number of aromatic amines is 1. The summed E-state index contributed by atoms with van der Waals surface area (Å²) in [5, 5.41) is 5.66. The van der Waals surface area contributed by atoms with Crippen LogP contribution in [0.5, 0.6) is 0 Å². The van der Waals surface area contributed by atoms with E-state index in [9.17, 15) is 4.79 Å². The van der Waals surface area contributed by atoms with E-state index in [0.717, 1.165) is 16.5 Å². The number of thioether (sulfide) groups is 1. The number of aromatic nitrogens is 3. The molecule has 5 nitrogen and oxygen atoms in total. The monoisotopic (exact) mass is 368 g/mol. The van der Waals surface area contributed by atoms with E-state index in [2.05, 4.69) is 15.1 Å². The molecular weight excluding hydrogens is 356 g/mol. The van der Waals surface area contributed by atoms with Gasteiger partial charge in [-0.25, -0.2) is 4.98 Å². The highest BCUT2D eigenvalue weighted by molar-refractivity contribution is 7.98. The quantitative estimate of drug-likeness (QED) is 0.436. The molecule has 0 unspecified atom stereocenters. The summed E-state index contributed by atoms with van der Waals surface area (Å²) in [5.41, 5.74) is 2.48. The van der Waals surface area contributed by atoms with Crippen LogP contribution in [-0.4, -0.2) is 27.1 Å². The van der Waals surface area contributed by atoms with Crippen LogP contribution in [0.2, 0.25) is 5.02 Å². The minimum absolute atomic E-state index is 0.255. The third-order valence-electron chi connectivity index (χ3n) is 3.90. The van der Waals surface area contributed by atoms with Gasteiger partial charge in [0, 0.05) is 20.8 Å². The molecule has 0 bridgehead atoms. The molecular formula is C18H13ClN4OS. The molecule has 4 aromatic rings. The fourth-order valence-corrected chi connectivity index (χ4v) is 3.20. The second kappa shape index (κ2) is 6.38. The molecule has 0 aliphatic heterocycles. The van der Waals surface area contributed by atoms with Crippen molar-refractivity contribution < 1.29 is 0 Å². The lowest BCUT2D eigenvalue weighted by atomic mass is 10.2. The van der Waals surface area contributed by atoms with Gasteiger partial charge in [-0.15, -0.1) is 11.8 Å². The average Bonchev–Trinajstić information content (AvgIpc) is 3.00. The van der Waals surface area contributed by atoms with Crippen LogP contribution >= 0.6 is 23.4 Å². The smallest absolute Gasteiger partial charge is 0.298 e. The largest absolute Gasteiger partial charge is 0.349 e. The van der Waals surface area contributed by atoms with Crippen molar-refractivity contribution in [3.63, 3.8) is 0 Å². The van der Waals surface area contributed by atoms with E-state index in [0.29, 0.717) is 16.1 Å². The molecule has 1 N–H and O–H groups in total. The van der Waals surface area contributed by atoms with Crippen molar-refractivity contribution in [3.05, 3.63) is 69.7 Å². The molecule has 0 spiro atoms. The Morgan fingerprint density at radius 2 is 2.04 bits per heavy atom. The lowest BCUT2D eigenvalue weighted by molar-refractivity contribution is 0.815. The minimum atomic E-state index is -0.255. The van der Waals surface area contributed by atoms with E-state index in [1.54, 1.807) is 30.1 Å². The maximum Gasteiger partial charge on any atom is 0.298 e. The van der Waals surface area contributed by atoms with Crippen LogP contribution in [0.3, 0.4) is 0 Å². The van der Waals surface area contributed by atoms with E-state index in [4.69, 9.17) is 11.6 Å². The fourth-order valence-electron chi connectivity index (χ4n) is 2.62. The number of fused-ring (bicyclic) bond motifs is 3. The summed E-state index contributed by atoms with van der Waals surface area (Å²) in [6, 6.07) is 13.3. The molecule has 4 rings (SSSR count). The Hall–Kier alpha value is -2.57. The molecule has 0 atom stereocenters. The van der Waals surface area contributed by atoms with E-state index in [1.807, 2.05) is 36.6 Å². The van der Waals surface area contributed by atoms with Crippen molar-refractivity contribution in [2.24, 2.45) is 5.10 Å². The highest BCUT2D eigenvalue weighted by Crippen LogP contribution is 2.24. The fraction of sp³-hybridized carbons (Fsp3) is 0.0556. The van der Waals surface area contributed by atoms with Crippen molar-refractivity contribution in [1.82, 2.24) is 14.6 Å². The Balaban J connectivity index is 1.77. The lowest BCUT2D eigenvalue weighted by Crippen LogP contribution is -2.17. The Morgan fingerprint density at radius 3 is 2.80 bits per heavy atom. The number of H-pyrrole nitrogens is 1. The number of nitrogens with zero attached hydrogens (tertiary/aromatic N) is 3. The van der Waals surface area contributed by atoms with Crippen LogP contribution in [0, 0.1) is 0 Å². The first-order chi connectivity index (χ1) is 12.2. The van der Waals surface area contributed by atoms with Gasteiger partial charge in [0.2, 0.25) is 0 Å². The van der Waals surface area contributed by atoms with Gasteiger partial charge in [0.25, 0.3) is 5.56 Å². The van der Waals surface area contributed by atoms with Gasteiger partial charge in [-0.3, -0.25) is 4.79 Å². The van der Waals surface area contributed by atoms with Gasteiger partial charge in [0.05, 0.1) is 6.21 Å². The maximum atomic E-state index is 12.6. The Labute approximate surface area is 152 Å². The molecule has 0 amide bonds. The SMILES string of the molecule is CSc1ccc(/C=N/n2cnc3c([nH]c4ccc(Cl)cc43)c2=O)cc1. The zero-order chi connectivity index (χ0) is 17.4. The highest BCUT2D eigenvalue weighted by Gasteiger charge is 2.10. The zero-order valence-corrected chi connectivity index (χ0v) is 14.8. The van der Waals surface area contributed by atoms with Gasteiger partial charge in [-0.1, -0.05) is 23.7 Å². The van der Waals surface area contributed by atoms with Gasteiger partial charge in [-0.2, -0.15) is 9.78 Å². The second-order valence-electron chi connectivity index (χ2n) is 5.45. The minimum Gasteiger partial charge on any atom is -0.349 e. The predicted octanol–water partition coefficient (Wildman–Crippen LogP) is 4.14. The molecule has 2 aromatic heterocycles. The molecule has 0 aliphatic rings. The summed E-state index contributed by atoms with van der Waals surface area (Å²) >= 11 is 7.71. The van der Waals surface area contributed by atoms with E-state index in [-0.39, 0.29) is 5.56 Å². The number of nitrogens with one attached hydrogen (secondary N) is 1. The Kier molecular flexibility index (Phi) is 4.07. The van der Waals surface area contributed by atoms with Crippen LogP contribution in [0.25, 0.3) is 21.9 Å². The lowest BCUT2D eigenvalue weighted by Gasteiger charge is -1.99. The normalized spacial score (nSPS) is 11.8. The highest BCUT2D eigenvalue weighted by atomic mass is 35.5. The first-order valence-electron chi connectivity index (χ1n) is 7.53. The van der Waals surface area contributed by atoms with Crippen molar-refractivity contribution in [2.45, 2.75) is 4.90 Å². The zero-order valence-electron chi connectivity index (χ0n) is 13.2. The van der Waals surface area contributed by atoms with Crippen molar-refractivity contribution in [1.29, 1.82) is 0 Å². The summed E-state index contributed by atoms with van der Waals surface area (Å²) in [5.74, 6) is 0. The molecule has 0 saturated carbocycles. The maximum absolute atomic E-state index is 12.6. The standard InChI is InChI=1S/C18H13ClN4OS/c1-25-13-5-2-11(3-6-13)9-21-23-10-20-16-14-8-12(19)4-7-15(14)22-17(16)18(23)24/h2-10,22H,1H3/b21-9+. The third-order valence-corrected chi connectivity index (χ3v) is 4.88. The molecule has 0 saturated heterocycles. The Bertz CT molecular complexity index is 1160. The second-order valence-corrected chi connectivity index (χ2v) is 6.77. The van der Waals surface area contributed by atoms with Gasteiger partial charge in [-0.05, 0) is 42.2 Å². The molecule has 25 heavy (non-hydrogen) atoms. The molecule has 2 heterocycles. The van der Waals surface area contributed by atoms with Crippen LogP contribution in [-0.2, 0) is 0 Å². The van der Waals surface area contributed by atoms with Gasteiger partial charge in [0.15, 0.2) is 0 Å². The molecule has 0 aliphatic carbocycles. The van der Waals surface area contributed by atoms with E-state index in [1.165, 1.54) is 15.9 Å². The van der Waals surface area contributed by atoms with Gasteiger partial charge in [0.1, 0.15) is 17.4 Å². The predicted molar refractivity (Wildman–Crippen MR) is 104 cm³/mol. The van der Waals surface area contributed by atoms with E-state index < -0.39 is 0 Å². The van der Waals surface area contributed by atoms with Crippen molar-refractivity contribution in [2.75, 3.05) is 6.26 Å². The Morgan fingerprint density at radius 1 is 1.24 bits per heavy atom. The molecule has 2 aromatic carbocycles. The third kappa shape index (κ3) is 2.94. The number of halogens is 1. The van der Waals surface area contributed by atoms with Crippen LogP contribution in [0.15, 0.2) is 63.6 Å². The van der Waals surface area contributed by atoms with Crippen molar-refractivity contribution >= 4 is 51.5 Å². The first-order valence-corrected chi connectivity index (χ1v) is 9.13. The summed E-state index contributed by atoms with van der Waals surface area (Å²) < 4.78 is 1.22. The molecule has 7 heteroatoms. The summed E-state index contributed by atoms with van der Waals surface area (Å²) in [4.78, 5) is 21.3. The molecule has 124 valence electrons. The van der Waals surface area contributed by atoms with Crippen LogP contribution < -0.4 is 5.56 Å². The van der Waals surface area contributed by atoms with Crippen molar-refractivity contribution in [3.8, 4) is 0 Å². The van der Waals surface area contributed by atoms with Gasteiger partial charge >= 0.3 is 0 Å². The molecule has 0 fully saturated rings.